The van der Waals surface area contributed by atoms with Gasteiger partial charge in [-0.2, -0.15) is 0 Å². The van der Waals surface area contributed by atoms with Crippen LogP contribution < -0.4 is 15.5 Å². The molecule has 186 valence electrons. The number of halogens is 2. The van der Waals surface area contributed by atoms with Crippen LogP contribution in [0.4, 0.5) is 20.2 Å². The number of carbonyl (C=O) groups excluding carboxylic acids is 3. The third-order valence-electron chi connectivity index (χ3n) is 6.49. The molecule has 2 saturated heterocycles. The van der Waals surface area contributed by atoms with Crippen LogP contribution in [-0.4, -0.2) is 54.8 Å². The van der Waals surface area contributed by atoms with E-state index >= 15 is 0 Å². The summed E-state index contributed by atoms with van der Waals surface area (Å²) in [7, 11) is 0. The summed E-state index contributed by atoms with van der Waals surface area (Å²) in [5, 5.41) is 5.33. The van der Waals surface area contributed by atoms with Crippen molar-refractivity contribution < 1.29 is 23.2 Å². The van der Waals surface area contributed by atoms with Crippen molar-refractivity contribution in [3.8, 4) is 0 Å². The maximum atomic E-state index is 14.7. The summed E-state index contributed by atoms with van der Waals surface area (Å²) >= 11 is 0. The predicted molar refractivity (Wildman–Crippen MR) is 130 cm³/mol. The zero-order valence-corrected chi connectivity index (χ0v) is 19.8. The lowest BCUT2D eigenvalue weighted by atomic mass is 10.0. The lowest BCUT2D eigenvalue weighted by molar-refractivity contribution is -0.117. The Morgan fingerprint density at radius 3 is 2.51 bits per heavy atom. The highest BCUT2D eigenvalue weighted by Crippen LogP contribution is 2.25. The number of likely N-dealkylation sites (tertiary alicyclic amines) is 1. The normalized spacial score (nSPS) is 17.0. The van der Waals surface area contributed by atoms with Crippen LogP contribution in [0.3, 0.4) is 0 Å². The number of anilines is 2. The molecule has 9 heteroatoms. The Morgan fingerprint density at radius 1 is 1.06 bits per heavy atom. The molecule has 3 amide bonds. The van der Waals surface area contributed by atoms with Crippen LogP contribution >= 0.6 is 0 Å². The Labute approximate surface area is 203 Å². The van der Waals surface area contributed by atoms with Crippen molar-refractivity contribution in [2.45, 2.75) is 45.1 Å². The molecule has 2 aliphatic heterocycles. The molecule has 2 fully saturated rings. The van der Waals surface area contributed by atoms with Crippen molar-refractivity contribution in [3.63, 3.8) is 0 Å². The number of benzene rings is 2. The molecule has 2 aromatic carbocycles. The molecule has 4 rings (SSSR count). The summed E-state index contributed by atoms with van der Waals surface area (Å²) in [5.74, 6) is -3.29. The molecule has 0 aromatic heterocycles. The van der Waals surface area contributed by atoms with Gasteiger partial charge in [0.25, 0.3) is 11.8 Å². The van der Waals surface area contributed by atoms with Crippen LogP contribution in [-0.2, 0) is 4.79 Å². The first-order valence-electron chi connectivity index (χ1n) is 12.1. The minimum absolute atomic E-state index is 0.0192. The topological polar surface area (TPSA) is 81.8 Å². The van der Waals surface area contributed by atoms with E-state index in [4.69, 9.17) is 0 Å². The fraction of sp³-hybridized carbons (Fsp3) is 0.423. The highest BCUT2D eigenvalue weighted by molar-refractivity contribution is 6.10. The fourth-order valence-electron chi connectivity index (χ4n) is 4.71. The number of rotatable bonds is 7. The number of piperidine rings is 1. The Balaban J connectivity index is 1.50. The second-order valence-electron chi connectivity index (χ2n) is 9.05. The molecular weight excluding hydrogens is 454 g/mol. The molecule has 0 spiro atoms. The van der Waals surface area contributed by atoms with Crippen molar-refractivity contribution in [1.29, 1.82) is 0 Å². The smallest absolute Gasteiger partial charge is 0.256 e. The Bertz CT molecular complexity index is 1120. The molecule has 0 saturated carbocycles. The number of hydrogen-bond acceptors (Lipinski definition) is 4. The number of hydrogen-bond donors (Lipinski definition) is 2. The predicted octanol–water partition coefficient (Wildman–Crippen LogP) is 3.95. The van der Waals surface area contributed by atoms with E-state index in [-0.39, 0.29) is 23.2 Å². The monoisotopic (exact) mass is 484 g/mol. The molecule has 0 atom stereocenters. The van der Waals surface area contributed by atoms with E-state index in [1.807, 2.05) is 0 Å². The van der Waals surface area contributed by atoms with Crippen molar-refractivity contribution in [1.82, 2.24) is 10.2 Å². The van der Waals surface area contributed by atoms with Crippen molar-refractivity contribution >= 4 is 29.1 Å². The van der Waals surface area contributed by atoms with Gasteiger partial charge in [0.05, 0.1) is 11.3 Å². The van der Waals surface area contributed by atoms with Gasteiger partial charge >= 0.3 is 0 Å². The van der Waals surface area contributed by atoms with Gasteiger partial charge < -0.3 is 20.4 Å². The average Bonchev–Trinajstić information content (AvgIpc) is 3.26. The molecule has 35 heavy (non-hydrogen) atoms. The van der Waals surface area contributed by atoms with E-state index < -0.39 is 29.0 Å². The lowest BCUT2D eigenvalue weighted by Gasteiger charge is -2.32. The van der Waals surface area contributed by atoms with Gasteiger partial charge in [0.15, 0.2) is 0 Å². The van der Waals surface area contributed by atoms with E-state index in [2.05, 4.69) is 22.5 Å². The number of carbonyl (C=O) groups is 3. The Morgan fingerprint density at radius 2 is 1.83 bits per heavy atom. The average molecular weight is 485 g/mol. The van der Waals surface area contributed by atoms with E-state index in [0.29, 0.717) is 24.7 Å². The summed E-state index contributed by atoms with van der Waals surface area (Å²) in [4.78, 5) is 41.9. The summed E-state index contributed by atoms with van der Waals surface area (Å²) in [6.45, 7) is 5.36. The van der Waals surface area contributed by atoms with E-state index in [0.717, 1.165) is 51.4 Å². The first-order chi connectivity index (χ1) is 16.9. The molecule has 0 radical (unpaired) electrons. The molecule has 2 heterocycles. The summed E-state index contributed by atoms with van der Waals surface area (Å²) in [5.41, 5.74) is 0.150. The largest absolute Gasteiger partial charge is 0.349 e. The summed E-state index contributed by atoms with van der Waals surface area (Å²) < 4.78 is 28.8. The van der Waals surface area contributed by atoms with Gasteiger partial charge in [-0.3, -0.25) is 14.4 Å². The second-order valence-corrected chi connectivity index (χ2v) is 9.05. The molecular formula is C26H30F2N4O3. The maximum absolute atomic E-state index is 14.7. The zero-order valence-electron chi connectivity index (χ0n) is 19.8. The van der Waals surface area contributed by atoms with Gasteiger partial charge in [-0.15, -0.1) is 0 Å². The molecule has 2 aliphatic rings. The van der Waals surface area contributed by atoms with Crippen molar-refractivity contribution in [2.75, 3.05) is 36.4 Å². The fourth-order valence-corrected chi connectivity index (χ4v) is 4.71. The lowest BCUT2D eigenvalue weighted by Crippen LogP contribution is -2.45. The van der Waals surface area contributed by atoms with Crippen molar-refractivity contribution in [2.24, 2.45) is 0 Å². The number of nitrogens with zero attached hydrogens (tertiary/aromatic N) is 2. The first kappa shape index (κ1) is 24.8. The quantitative estimate of drug-likeness (QED) is 0.624. The van der Waals surface area contributed by atoms with Crippen LogP contribution in [0.15, 0.2) is 36.4 Å². The molecule has 0 unspecified atom stereocenters. The van der Waals surface area contributed by atoms with Gasteiger partial charge in [0.2, 0.25) is 5.91 Å². The molecule has 2 aromatic rings. The standard InChI is InChI=1S/C26H30F2N4O3/c1-2-10-31-12-8-19(9-13-31)29-26(35)24-21(28)15-18(27)16-22(24)30-25(34)17-5-3-6-20(14-17)32-11-4-7-23(32)33/h3,5-6,14-16,19H,2,4,7-13H2,1H3,(H,29,35)(H,30,34). The van der Waals surface area contributed by atoms with E-state index in [1.165, 1.54) is 0 Å². The minimum Gasteiger partial charge on any atom is -0.349 e. The zero-order chi connectivity index (χ0) is 24.9. The van der Waals surface area contributed by atoms with Crippen LogP contribution in [0.1, 0.15) is 59.7 Å². The summed E-state index contributed by atoms with van der Waals surface area (Å²) in [6.07, 6.45) is 3.72. The third-order valence-corrected chi connectivity index (χ3v) is 6.49. The van der Waals surface area contributed by atoms with Gasteiger partial charge in [-0.1, -0.05) is 13.0 Å². The molecule has 2 N–H and O–H groups in total. The molecule has 0 aliphatic carbocycles. The summed E-state index contributed by atoms with van der Waals surface area (Å²) in [6, 6.07) is 7.91. The van der Waals surface area contributed by atoms with Crippen LogP contribution in [0.5, 0.6) is 0 Å². The van der Waals surface area contributed by atoms with Crippen LogP contribution in [0.25, 0.3) is 0 Å². The first-order valence-corrected chi connectivity index (χ1v) is 12.1. The highest BCUT2D eigenvalue weighted by atomic mass is 19.1. The molecule has 0 bridgehead atoms. The highest BCUT2D eigenvalue weighted by Gasteiger charge is 2.26. The number of nitrogens with one attached hydrogen (secondary N) is 2. The van der Waals surface area contributed by atoms with Gasteiger partial charge in [-0.05, 0) is 56.5 Å². The maximum Gasteiger partial charge on any atom is 0.256 e. The minimum atomic E-state index is -1.04. The number of amides is 3. The van der Waals surface area contributed by atoms with E-state index in [1.54, 1.807) is 29.2 Å². The molecule has 7 nitrogen and oxygen atoms in total. The van der Waals surface area contributed by atoms with Gasteiger partial charge in [0, 0.05) is 49.4 Å². The Kier molecular flexibility index (Phi) is 7.75. The van der Waals surface area contributed by atoms with E-state index in [9.17, 15) is 23.2 Å². The van der Waals surface area contributed by atoms with Crippen molar-refractivity contribution in [3.05, 3.63) is 59.2 Å². The van der Waals surface area contributed by atoms with Gasteiger partial charge in [-0.25, -0.2) is 8.78 Å². The van der Waals surface area contributed by atoms with Crippen LogP contribution in [0.2, 0.25) is 0 Å². The van der Waals surface area contributed by atoms with Crippen LogP contribution in [0, 0.1) is 11.6 Å². The van der Waals surface area contributed by atoms with Gasteiger partial charge in [0.1, 0.15) is 11.6 Å². The Hall–Kier alpha value is -3.33. The SMILES string of the molecule is CCCN1CCC(NC(=O)c2c(F)cc(F)cc2NC(=O)c2cccc(N3CCCC3=O)c2)CC1. The third kappa shape index (κ3) is 5.85. The second kappa shape index (κ2) is 10.9.